The monoisotopic (exact) mass is 242 g/mol. The number of carbonyl (C=O) groups excluding carboxylic acids is 1. The zero-order valence-electron chi connectivity index (χ0n) is 10.4. The van der Waals surface area contributed by atoms with Crippen LogP contribution in [0.1, 0.15) is 45.4 Å². The van der Waals surface area contributed by atoms with E-state index < -0.39 is 5.97 Å². The van der Waals surface area contributed by atoms with Crippen LogP contribution in [0.2, 0.25) is 0 Å². The number of unbranched alkanes of at least 4 members (excludes halogenated alkanes) is 2. The van der Waals surface area contributed by atoms with Crippen LogP contribution in [0, 0.1) is 5.92 Å². The molecule has 1 saturated carbocycles. The first-order valence-corrected chi connectivity index (χ1v) is 6.39. The number of urea groups is 1. The molecule has 1 rings (SSSR count). The molecule has 0 aromatic rings. The van der Waals surface area contributed by atoms with Crippen LogP contribution in [-0.2, 0) is 4.79 Å². The van der Waals surface area contributed by atoms with Gasteiger partial charge in [0.1, 0.15) is 0 Å². The van der Waals surface area contributed by atoms with Gasteiger partial charge in [0, 0.05) is 19.0 Å². The number of amides is 2. The maximum atomic E-state index is 11.4. The van der Waals surface area contributed by atoms with Crippen molar-refractivity contribution in [2.75, 3.05) is 6.54 Å². The summed E-state index contributed by atoms with van der Waals surface area (Å²) in [6, 6.07) is 0.274. The van der Waals surface area contributed by atoms with Crippen molar-refractivity contribution in [1.29, 1.82) is 0 Å². The molecular weight excluding hydrogens is 220 g/mol. The summed E-state index contributed by atoms with van der Waals surface area (Å²) in [6.07, 6.45) is 4.80. The molecule has 2 atom stereocenters. The molecule has 2 unspecified atom stereocenters. The van der Waals surface area contributed by atoms with Crippen molar-refractivity contribution in [1.82, 2.24) is 10.6 Å². The van der Waals surface area contributed by atoms with Crippen molar-refractivity contribution in [3.8, 4) is 0 Å². The number of aliphatic carboxylic acids is 1. The molecule has 1 aliphatic rings. The van der Waals surface area contributed by atoms with Crippen LogP contribution in [0.15, 0.2) is 0 Å². The summed E-state index contributed by atoms with van der Waals surface area (Å²) in [5.41, 5.74) is 0. The Hall–Kier alpha value is -1.26. The highest BCUT2D eigenvalue weighted by atomic mass is 16.4. The molecular formula is C12H22N2O3. The molecule has 5 heteroatoms. The second kappa shape index (κ2) is 7.14. The summed E-state index contributed by atoms with van der Waals surface area (Å²) in [5, 5.41) is 14.1. The second-order valence-corrected chi connectivity index (χ2v) is 4.62. The van der Waals surface area contributed by atoms with Gasteiger partial charge in [0.05, 0.1) is 0 Å². The van der Waals surface area contributed by atoms with Gasteiger partial charge in [-0.25, -0.2) is 4.79 Å². The zero-order chi connectivity index (χ0) is 12.7. The van der Waals surface area contributed by atoms with Crippen LogP contribution in [0.5, 0.6) is 0 Å². The fraction of sp³-hybridized carbons (Fsp3) is 0.833. The highest BCUT2D eigenvalue weighted by molar-refractivity contribution is 5.74. The van der Waals surface area contributed by atoms with Crippen LogP contribution in [0.3, 0.4) is 0 Å². The standard InChI is InChI=1S/C12H22N2O3/c1-2-9-8-10(9)14-12(17)13-7-5-3-4-6-11(15)16/h9-10H,2-8H2,1H3,(H,15,16)(H2,13,14,17). The van der Waals surface area contributed by atoms with Gasteiger partial charge in [0.25, 0.3) is 0 Å². The van der Waals surface area contributed by atoms with Crippen LogP contribution in [0.4, 0.5) is 4.79 Å². The zero-order valence-corrected chi connectivity index (χ0v) is 10.4. The van der Waals surface area contributed by atoms with E-state index in [1.165, 1.54) is 0 Å². The van der Waals surface area contributed by atoms with Crippen molar-refractivity contribution in [2.24, 2.45) is 5.92 Å². The average Bonchev–Trinajstić information content (AvgIpc) is 3.01. The number of hydrogen-bond acceptors (Lipinski definition) is 2. The van der Waals surface area contributed by atoms with E-state index in [1.807, 2.05) is 0 Å². The smallest absolute Gasteiger partial charge is 0.315 e. The second-order valence-electron chi connectivity index (χ2n) is 4.62. The highest BCUT2D eigenvalue weighted by Crippen LogP contribution is 2.32. The normalized spacial score (nSPS) is 21.9. The van der Waals surface area contributed by atoms with Crippen molar-refractivity contribution < 1.29 is 14.7 Å². The third-order valence-corrected chi connectivity index (χ3v) is 3.12. The van der Waals surface area contributed by atoms with Crippen molar-refractivity contribution in [3.63, 3.8) is 0 Å². The fourth-order valence-corrected chi connectivity index (χ4v) is 1.87. The molecule has 1 fully saturated rings. The van der Waals surface area contributed by atoms with Gasteiger partial charge in [0.2, 0.25) is 0 Å². The van der Waals surface area contributed by atoms with E-state index in [9.17, 15) is 9.59 Å². The molecule has 17 heavy (non-hydrogen) atoms. The van der Waals surface area contributed by atoms with Crippen LogP contribution < -0.4 is 10.6 Å². The summed E-state index contributed by atoms with van der Waals surface area (Å²) >= 11 is 0. The lowest BCUT2D eigenvalue weighted by Crippen LogP contribution is -2.37. The topological polar surface area (TPSA) is 78.4 Å². The van der Waals surface area contributed by atoms with E-state index in [1.54, 1.807) is 0 Å². The lowest BCUT2D eigenvalue weighted by molar-refractivity contribution is -0.137. The highest BCUT2D eigenvalue weighted by Gasteiger charge is 2.36. The third-order valence-electron chi connectivity index (χ3n) is 3.12. The molecule has 0 aliphatic heterocycles. The van der Waals surface area contributed by atoms with E-state index in [4.69, 9.17) is 5.11 Å². The Morgan fingerprint density at radius 2 is 2.06 bits per heavy atom. The number of carbonyl (C=O) groups is 2. The minimum atomic E-state index is -0.755. The van der Waals surface area contributed by atoms with E-state index in [-0.39, 0.29) is 12.5 Å². The molecule has 0 bridgehead atoms. The van der Waals surface area contributed by atoms with Crippen LogP contribution >= 0.6 is 0 Å². The Bertz CT molecular complexity index is 268. The Balaban J connectivity index is 1.89. The Morgan fingerprint density at radius 3 is 2.65 bits per heavy atom. The predicted molar refractivity (Wildman–Crippen MR) is 64.8 cm³/mol. The lowest BCUT2D eigenvalue weighted by atomic mass is 10.2. The summed E-state index contributed by atoms with van der Waals surface area (Å²) < 4.78 is 0. The van der Waals surface area contributed by atoms with Gasteiger partial charge in [-0.2, -0.15) is 0 Å². The predicted octanol–water partition coefficient (Wildman–Crippen LogP) is 1.73. The first-order chi connectivity index (χ1) is 8.13. The van der Waals surface area contributed by atoms with Gasteiger partial charge in [-0.05, 0) is 25.2 Å². The largest absolute Gasteiger partial charge is 0.481 e. The van der Waals surface area contributed by atoms with Gasteiger partial charge < -0.3 is 15.7 Å². The first-order valence-electron chi connectivity index (χ1n) is 6.39. The maximum Gasteiger partial charge on any atom is 0.315 e. The molecule has 1 aliphatic carbocycles. The molecule has 98 valence electrons. The molecule has 0 heterocycles. The number of carboxylic acid groups (broad SMARTS) is 1. The van der Waals surface area contributed by atoms with Crippen LogP contribution in [0.25, 0.3) is 0 Å². The molecule has 0 aromatic carbocycles. The Kier molecular flexibility index (Phi) is 5.80. The van der Waals surface area contributed by atoms with Gasteiger partial charge in [-0.1, -0.05) is 19.8 Å². The molecule has 0 radical (unpaired) electrons. The van der Waals surface area contributed by atoms with Crippen LogP contribution in [-0.4, -0.2) is 29.7 Å². The van der Waals surface area contributed by atoms with E-state index >= 15 is 0 Å². The molecule has 0 aromatic heterocycles. The average molecular weight is 242 g/mol. The minimum Gasteiger partial charge on any atom is -0.481 e. The maximum absolute atomic E-state index is 11.4. The molecule has 0 spiro atoms. The quantitative estimate of drug-likeness (QED) is 0.567. The Morgan fingerprint density at radius 1 is 1.29 bits per heavy atom. The van der Waals surface area contributed by atoms with E-state index in [0.29, 0.717) is 24.9 Å². The summed E-state index contributed by atoms with van der Waals surface area (Å²) in [6.45, 7) is 2.75. The number of nitrogens with one attached hydrogen (secondary N) is 2. The summed E-state index contributed by atoms with van der Waals surface area (Å²) in [5.74, 6) is -0.0913. The molecule has 2 amide bonds. The fourth-order valence-electron chi connectivity index (χ4n) is 1.87. The first kappa shape index (κ1) is 13.8. The van der Waals surface area contributed by atoms with Crippen molar-refractivity contribution in [2.45, 2.75) is 51.5 Å². The number of carboxylic acids is 1. The summed E-state index contributed by atoms with van der Waals surface area (Å²) in [7, 11) is 0. The Labute approximate surface area is 102 Å². The van der Waals surface area contributed by atoms with Gasteiger partial charge in [-0.3, -0.25) is 4.79 Å². The SMILES string of the molecule is CCC1CC1NC(=O)NCCCCCC(=O)O. The van der Waals surface area contributed by atoms with Gasteiger partial charge in [-0.15, -0.1) is 0 Å². The van der Waals surface area contributed by atoms with E-state index in [0.717, 1.165) is 25.7 Å². The molecule has 0 saturated heterocycles. The molecule has 5 nitrogen and oxygen atoms in total. The third kappa shape index (κ3) is 6.14. The van der Waals surface area contributed by atoms with Gasteiger partial charge in [0.15, 0.2) is 0 Å². The van der Waals surface area contributed by atoms with Crippen molar-refractivity contribution >= 4 is 12.0 Å². The van der Waals surface area contributed by atoms with Gasteiger partial charge >= 0.3 is 12.0 Å². The van der Waals surface area contributed by atoms with E-state index in [2.05, 4.69) is 17.6 Å². The number of rotatable bonds is 8. The lowest BCUT2D eigenvalue weighted by Gasteiger charge is -2.06. The molecule has 3 N–H and O–H groups in total. The summed E-state index contributed by atoms with van der Waals surface area (Å²) in [4.78, 5) is 21.6. The van der Waals surface area contributed by atoms with Crippen molar-refractivity contribution in [3.05, 3.63) is 0 Å². The number of hydrogen-bond donors (Lipinski definition) is 3. The minimum absolute atomic E-state index is 0.0933.